The van der Waals surface area contributed by atoms with Crippen molar-refractivity contribution in [2.45, 2.75) is 32.4 Å². The summed E-state index contributed by atoms with van der Waals surface area (Å²) in [5, 5.41) is 24.8. The van der Waals surface area contributed by atoms with Gasteiger partial charge < -0.3 is 15.5 Å². The van der Waals surface area contributed by atoms with Crippen LogP contribution in [-0.2, 0) is 0 Å². The van der Waals surface area contributed by atoms with Crippen molar-refractivity contribution >= 4 is 10.8 Å². The Kier molecular flexibility index (Phi) is 4.40. The molecule has 0 amide bonds. The van der Waals surface area contributed by atoms with E-state index in [9.17, 15) is 10.2 Å². The van der Waals surface area contributed by atoms with Crippen LogP contribution in [0.1, 0.15) is 31.9 Å². The average molecular weight is 259 g/mol. The Bertz CT molecular complexity index is 549. The molecule has 102 valence electrons. The van der Waals surface area contributed by atoms with Crippen molar-refractivity contribution in [2.24, 2.45) is 0 Å². The van der Waals surface area contributed by atoms with Crippen LogP contribution in [0.2, 0.25) is 0 Å². The molecule has 0 aromatic heterocycles. The van der Waals surface area contributed by atoms with E-state index in [4.69, 9.17) is 0 Å². The molecule has 3 nitrogen and oxygen atoms in total. The lowest BCUT2D eigenvalue weighted by molar-refractivity contribution is 0.229. The summed E-state index contributed by atoms with van der Waals surface area (Å²) >= 11 is 0. The summed E-state index contributed by atoms with van der Waals surface area (Å²) in [6.45, 7) is 4.14. The molecule has 0 heterocycles. The standard InChI is InChI=1S/C16H21NO2/c1-3-13(10-18)17-11(2)14-9-8-12-6-4-5-7-15(12)16(14)19/h4-9,11,13,17-19H,3,10H2,1-2H3/t11?,13-/m0/s1. The van der Waals surface area contributed by atoms with E-state index < -0.39 is 0 Å². The van der Waals surface area contributed by atoms with Crippen LogP contribution < -0.4 is 5.32 Å². The third-order valence-corrected chi connectivity index (χ3v) is 3.60. The van der Waals surface area contributed by atoms with Gasteiger partial charge in [0.15, 0.2) is 0 Å². The predicted molar refractivity (Wildman–Crippen MR) is 78.3 cm³/mol. The molecule has 0 aliphatic rings. The number of benzene rings is 2. The molecule has 0 bridgehead atoms. The van der Waals surface area contributed by atoms with E-state index in [1.54, 1.807) is 0 Å². The second-order valence-corrected chi connectivity index (χ2v) is 4.90. The lowest BCUT2D eigenvalue weighted by atomic mass is 10.0. The lowest BCUT2D eigenvalue weighted by Gasteiger charge is -2.22. The summed E-state index contributed by atoms with van der Waals surface area (Å²) in [7, 11) is 0. The molecule has 0 saturated heterocycles. The number of fused-ring (bicyclic) bond motifs is 1. The number of rotatable bonds is 5. The van der Waals surface area contributed by atoms with Gasteiger partial charge in [-0.25, -0.2) is 0 Å². The summed E-state index contributed by atoms with van der Waals surface area (Å²) in [4.78, 5) is 0. The molecule has 0 aliphatic carbocycles. The zero-order chi connectivity index (χ0) is 13.8. The minimum atomic E-state index is 0.00158. The lowest BCUT2D eigenvalue weighted by Crippen LogP contribution is -2.33. The van der Waals surface area contributed by atoms with Crippen molar-refractivity contribution in [3.63, 3.8) is 0 Å². The van der Waals surface area contributed by atoms with Crippen LogP contribution in [0.3, 0.4) is 0 Å². The van der Waals surface area contributed by atoms with E-state index in [-0.39, 0.29) is 18.7 Å². The van der Waals surface area contributed by atoms with E-state index in [0.29, 0.717) is 5.75 Å². The number of phenolic OH excluding ortho intramolecular Hbond substituents is 1. The molecule has 3 N–H and O–H groups in total. The molecule has 0 fully saturated rings. The smallest absolute Gasteiger partial charge is 0.128 e. The molecule has 0 radical (unpaired) electrons. The summed E-state index contributed by atoms with van der Waals surface area (Å²) in [5.74, 6) is 0.325. The SMILES string of the molecule is CC[C@@H](CO)NC(C)c1ccc2ccccc2c1O. The minimum absolute atomic E-state index is 0.00158. The largest absolute Gasteiger partial charge is 0.507 e. The molecule has 0 aliphatic heterocycles. The van der Waals surface area contributed by atoms with Crippen LogP contribution in [0.25, 0.3) is 10.8 Å². The van der Waals surface area contributed by atoms with E-state index in [1.165, 1.54) is 0 Å². The highest BCUT2D eigenvalue weighted by molar-refractivity contribution is 5.89. The van der Waals surface area contributed by atoms with E-state index in [1.807, 2.05) is 50.2 Å². The highest BCUT2D eigenvalue weighted by Gasteiger charge is 2.15. The van der Waals surface area contributed by atoms with Gasteiger partial charge in [0.1, 0.15) is 5.75 Å². The number of aliphatic hydroxyl groups is 1. The topological polar surface area (TPSA) is 52.5 Å². The monoisotopic (exact) mass is 259 g/mol. The van der Waals surface area contributed by atoms with Crippen molar-refractivity contribution in [2.75, 3.05) is 6.61 Å². The Labute approximate surface area is 113 Å². The first-order valence-corrected chi connectivity index (χ1v) is 6.74. The molecule has 2 rings (SSSR count). The zero-order valence-electron chi connectivity index (χ0n) is 11.4. The van der Waals surface area contributed by atoms with Gasteiger partial charge in [-0.05, 0) is 18.7 Å². The van der Waals surface area contributed by atoms with Gasteiger partial charge in [-0.2, -0.15) is 0 Å². The molecular formula is C16H21NO2. The molecule has 2 aromatic carbocycles. The third kappa shape index (κ3) is 2.88. The normalized spacial score (nSPS) is 14.5. The first-order valence-electron chi connectivity index (χ1n) is 6.74. The molecule has 1 unspecified atom stereocenters. The van der Waals surface area contributed by atoms with Crippen molar-refractivity contribution < 1.29 is 10.2 Å². The summed E-state index contributed by atoms with van der Waals surface area (Å²) in [5.41, 5.74) is 0.866. The van der Waals surface area contributed by atoms with Gasteiger partial charge in [-0.15, -0.1) is 0 Å². The number of nitrogens with one attached hydrogen (secondary N) is 1. The molecular weight excluding hydrogens is 238 g/mol. The molecule has 19 heavy (non-hydrogen) atoms. The Hall–Kier alpha value is -1.58. The van der Waals surface area contributed by atoms with Gasteiger partial charge in [0.05, 0.1) is 6.61 Å². The van der Waals surface area contributed by atoms with Crippen molar-refractivity contribution in [1.29, 1.82) is 0 Å². The molecule has 2 aromatic rings. The van der Waals surface area contributed by atoms with Crippen LogP contribution in [0.4, 0.5) is 0 Å². The van der Waals surface area contributed by atoms with E-state index in [0.717, 1.165) is 22.8 Å². The zero-order valence-corrected chi connectivity index (χ0v) is 11.4. The molecule has 0 spiro atoms. The Morgan fingerprint density at radius 2 is 1.89 bits per heavy atom. The fraction of sp³-hybridized carbons (Fsp3) is 0.375. The number of hydrogen-bond donors (Lipinski definition) is 3. The maximum atomic E-state index is 10.4. The molecule has 0 saturated carbocycles. The quantitative estimate of drug-likeness (QED) is 0.773. The number of aliphatic hydroxyl groups excluding tert-OH is 1. The van der Waals surface area contributed by atoms with E-state index >= 15 is 0 Å². The van der Waals surface area contributed by atoms with Crippen molar-refractivity contribution in [3.05, 3.63) is 42.0 Å². The van der Waals surface area contributed by atoms with Gasteiger partial charge in [0.25, 0.3) is 0 Å². The average Bonchev–Trinajstić information content (AvgIpc) is 2.45. The Morgan fingerprint density at radius 1 is 1.16 bits per heavy atom. The summed E-state index contributed by atoms with van der Waals surface area (Å²) in [6, 6.07) is 11.8. The van der Waals surface area contributed by atoms with Crippen LogP contribution >= 0.6 is 0 Å². The highest BCUT2D eigenvalue weighted by atomic mass is 16.3. The maximum absolute atomic E-state index is 10.4. The van der Waals surface area contributed by atoms with Gasteiger partial charge in [-0.1, -0.05) is 43.3 Å². The van der Waals surface area contributed by atoms with Gasteiger partial charge in [0.2, 0.25) is 0 Å². The van der Waals surface area contributed by atoms with Crippen LogP contribution in [0.5, 0.6) is 5.75 Å². The summed E-state index contributed by atoms with van der Waals surface area (Å²) < 4.78 is 0. The summed E-state index contributed by atoms with van der Waals surface area (Å²) in [6.07, 6.45) is 0.856. The second-order valence-electron chi connectivity index (χ2n) is 4.90. The maximum Gasteiger partial charge on any atom is 0.128 e. The third-order valence-electron chi connectivity index (χ3n) is 3.60. The first-order chi connectivity index (χ1) is 9.17. The van der Waals surface area contributed by atoms with Crippen molar-refractivity contribution in [1.82, 2.24) is 5.32 Å². The second kappa shape index (κ2) is 6.04. The molecule has 3 heteroatoms. The van der Waals surface area contributed by atoms with Gasteiger partial charge in [0, 0.05) is 23.0 Å². The number of phenols is 1. The number of aromatic hydroxyl groups is 1. The van der Waals surface area contributed by atoms with Gasteiger partial charge >= 0.3 is 0 Å². The first kappa shape index (κ1) is 13.8. The Morgan fingerprint density at radius 3 is 2.58 bits per heavy atom. The van der Waals surface area contributed by atoms with Gasteiger partial charge in [-0.3, -0.25) is 0 Å². The Balaban J connectivity index is 2.32. The minimum Gasteiger partial charge on any atom is -0.507 e. The van der Waals surface area contributed by atoms with Crippen LogP contribution in [-0.4, -0.2) is 22.9 Å². The van der Waals surface area contributed by atoms with Crippen molar-refractivity contribution in [3.8, 4) is 5.75 Å². The molecule has 2 atom stereocenters. The fourth-order valence-corrected chi connectivity index (χ4v) is 2.36. The number of hydrogen-bond acceptors (Lipinski definition) is 3. The fourth-order valence-electron chi connectivity index (χ4n) is 2.36. The predicted octanol–water partition coefficient (Wildman–Crippen LogP) is 2.97. The van der Waals surface area contributed by atoms with Crippen LogP contribution in [0.15, 0.2) is 36.4 Å². The van der Waals surface area contributed by atoms with E-state index in [2.05, 4.69) is 5.32 Å². The highest BCUT2D eigenvalue weighted by Crippen LogP contribution is 2.32. The van der Waals surface area contributed by atoms with Crippen LogP contribution in [0, 0.1) is 0 Å².